The molecule has 96 valence electrons. The number of phenolic OH excluding ortho intramolecular Hbond substituents is 1. The fraction of sp³-hybridized carbons (Fsp3) is 0.100. The number of fused-ring (bicyclic) bond motifs is 1. The molecule has 8 heteroatoms. The van der Waals surface area contributed by atoms with Gasteiger partial charge in [0.15, 0.2) is 0 Å². The van der Waals surface area contributed by atoms with Gasteiger partial charge in [0, 0.05) is 5.39 Å². The molecule has 1 aromatic heterocycles. The van der Waals surface area contributed by atoms with Crippen molar-refractivity contribution in [3.8, 4) is 5.75 Å². The van der Waals surface area contributed by atoms with Crippen molar-refractivity contribution in [3.05, 3.63) is 34.4 Å². The minimum absolute atomic E-state index is 0.0445. The third-order valence-electron chi connectivity index (χ3n) is 2.22. The van der Waals surface area contributed by atoms with Crippen molar-refractivity contribution in [3.63, 3.8) is 0 Å². The molecular weight excluding hydrogens is 325 g/mol. The van der Waals surface area contributed by atoms with Gasteiger partial charge in [-0.05, 0) is 34.1 Å². The van der Waals surface area contributed by atoms with Gasteiger partial charge >= 0.3 is 7.82 Å². The van der Waals surface area contributed by atoms with Crippen LogP contribution in [0.4, 0.5) is 0 Å². The summed E-state index contributed by atoms with van der Waals surface area (Å²) < 4.78 is 15.4. The number of rotatable bonds is 3. The maximum absolute atomic E-state index is 10.6. The largest absolute Gasteiger partial charge is 0.507 e. The van der Waals surface area contributed by atoms with Crippen LogP contribution in [0.5, 0.6) is 5.75 Å². The van der Waals surface area contributed by atoms with Crippen molar-refractivity contribution in [2.75, 3.05) is 0 Å². The van der Waals surface area contributed by atoms with Crippen LogP contribution in [0.1, 0.15) is 5.69 Å². The van der Waals surface area contributed by atoms with E-state index >= 15 is 0 Å². The van der Waals surface area contributed by atoms with E-state index in [1.165, 1.54) is 6.07 Å². The zero-order valence-corrected chi connectivity index (χ0v) is 11.4. The van der Waals surface area contributed by atoms with Crippen molar-refractivity contribution < 1.29 is 24.0 Å². The first-order chi connectivity index (χ1) is 8.37. The molecule has 0 aliphatic heterocycles. The quantitative estimate of drug-likeness (QED) is 0.745. The van der Waals surface area contributed by atoms with Gasteiger partial charge in [-0.15, -0.1) is 0 Å². The molecule has 3 N–H and O–H groups in total. The van der Waals surface area contributed by atoms with Gasteiger partial charge < -0.3 is 14.9 Å². The lowest BCUT2D eigenvalue weighted by molar-refractivity contribution is 0.187. The molecule has 0 spiro atoms. The topological polar surface area (TPSA) is 99.9 Å². The van der Waals surface area contributed by atoms with Gasteiger partial charge in [-0.2, -0.15) is 0 Å². The summed E-state index contributed by atoms with van der Waals surface area (Å²) >= 11 is 3.20. The fourth-order valence-corrected chi connectivity index (χ4v) is 2.16. The molecule has 2 aromatic rings. The number of hydrogen-bond donors (Lipinski definition) is 3. The van der Waals surface area contributed by atoms with E-state index in [0.29, 0.717) is 15.7 Å². The van der Waals surface area contributed by atoms with E-state index in [1.807, 2.05) is 0 Å². The highest BCUT2D eigenvalue weighted by Gasteiger charge is 2.14. The Labute approximate surface area is 111 Å². The molecule has 1 heterocycles. The summed E-state index contributed by atoms with van der Waals surface area (Å²) in [6.07, 6.45) is 0. The van der Waals surface area contributed by atoms with Gasteiger partial charge in [-0.25, -0.2) is 9.55 Å². The van der Waals surface area contributed by atoms with Crippen LogP contribution in [-0.4, -0.2) is 19.9 Å². The van der Waals surface area contributed by atoms with Gasteiger partial charge in [-0.3, -0.25) is 4.52 Å². The molecule has 0 unspecified atom stereocenters. The number of aromatic nitrogens is 1. The predicted molar refractivity (Wildman–Crippen MR) is 67.9 cm³/mol. The lowest BCUT2D eigenvalue weighted by atomic mass is 10.2. The number of hydrogen-bond acceptors (Lipinski definition) is 4. The predicted octanol–water partition coefficient (Wildman–Crippen LogP) is 2.31. The highest BCUT2D eigenvalue weighted by molar-refractivity contribution is 9.10. The van der Waals surface area contributed by atoms with Gasteiger partial charge in [0.2, 0.25) is 0 Å². The average Bonchev–Trinajstić information content (AvgIpc) is 2.31. The Morgan fingerprint density at radius 2 is 1.94 bits per heavy atom. The molecule has 0 radical (unpaired) electrons. The Morgan fingerprint density at radius 1 is 1.28 bits per heavy atom. The monoisotopic (exact) mass is 333 g/mol. The number of nitrogens with zero attached hydrogens (tertiary/aromatic N) is 1. The second kappa shape index (κ2) is 4.95. The third kappa shape index (κ3) is 3.07. The molecule has 6 nitrogen and oxygen atoms in total. The summed E-state index contributed by atoms with van der Waals surface area (Å²) in [6.45, 7) is -0.303. The van der Waals surface area contributed by atoms with E-state index in [2.05, 4.69) is 25.4 Å². The first-order valence-electron chi connectivity index (χ1n) is 4.84. The van der Waals surface area contributed by atoms with Crippen molar-refractivity contribution >= 4 is 34.7 Å². The molecule has 0 saturated heterocycles. The minimum atomic E-state index is -4.51. The lowest BCUT2D eigenvalue weighted by Gasteiger charge is -2.07. The highest BCUT2D eigenvalue weighted by Crippen LogP contribution is 2.37. The molecular formula is C10H9BrNO5P. The molecule has 0 aliphatic rings. The summed E-state index contributed by atoms with van der Waals surface area (Å²) in [7, 11) is -4.51. The fourth-order valence-electron chi connectivity index (χ4n) is 1.41. The number of halogens is 1. The molecule has 0 bridgehead atoms. The van der Waals surface area contributed by atoms with Crippen LogP contribution in [0.2, 0.25) is 0 Å². The molecule has 0 saturated carbocycles. The van der Waals surface area contributed by atoms with Gasteiger partial charge in [-0.1, -0.05) is 6.07 Å². The number of phosphoric ester groups is 1. The van der Waals surface area contributed by atoms with E-state index in [0.717, 1.165) is 5.39 Å². The third-order valence-corrected chi connectivity index (χ3v) is 3.47. The number of phenols is 1. The number of benzene rings is 1. The zero-order valence-electron chi connectivity index (χ0n) is 8.95. The average molecular weight is 334 g/mol. The molecule has 18 heavy (non-hydrogen) atoms. The second-order valence-electron chi connectivity index (χ2n) is 3.54. The summed E-state index contributed by atoms with van der Waals surface area (Å²) in [5, 5.41) is 10.3. The highest BCUT2D eigenvalue weighted by atomic mass is 79.9. The maximum Gasteiger partial charge on any atom is 0.469 e. The number of aromatic hydroxyl groups is 1. The van der Waals surface area contributed by atoms with Crippen LogP contribution in [0.15, 0.2) is 28.7 Å². The van der Waals surface area contributed by atoms with E-state index < -0.39 is 7.82 Å². The standard InChI is InChI=1S/C10H9BrNO5P/c11-9-8(13)4-2-6-1-3-7(12-10(6)9)5-17-18(14,15)16/h1-4,13H,5H2,(H2,14,15,16). The Balaban J connectivity index is 2.37. The van der Waals surface area contributed by atoms with E-state index in [1.54, 1.807) is 18.2 Å². The summed E-state index contributed by atoms with van der Waals surface area (Å²) in [5.41, 5.74) is 0.860. The number of phosphoric acid groups is 1. The first kappa shape index (κ1) is 13.5. The Kier molecular flexibility index (Phi) is 3.70. The van der Waals surface area contributed by atoms with Crippen LogP contribution in [-0.2, 0) is 15.7 Å². The minimum Gasteiger partial charge on any atom is -0.507 e. The van der Waals surface area contributed by atoms with E-state index in [-0.39, 0.29) is 12.4 Å². The van der Waals surface area contributed by atoms with Crippen molar-refractivity contribution in [2.45, 2.75) is 6.61 Å². The second-order valence-corrected chi connectivity index (χ2v) is 5.57. The van der Waals surface area contributed by atoms with Gasteiger partial charge in [0.25, 0.3) is 0 Å². The Bertz CT molecular complexity index is 641. The normalized spacial score (nSPS) is 11.9. The van der Waals surface area contributed by atoms with E-state index in [9.17, 15) is 9.67 Å². The molecule has 1 aromatic carbocycles. The Hall–Kier alpha value is -0.980. The van der Waals surface area contributed by atoms with E-state index in [4.69, 9.17) is 9.79 Å². The molecule has 0 amide bonds. The molecule has 0 aliphatic carbocycles. The first-order valence-corrected chi connectivity index (χ1v) is 7.16. The van der Waals surface area contributed by atoms with Crippen LogP contribution in [0, 0.1) is 0 Å². The van der Waals surface area contributed by atoms with Crippen molar-refractivity contribution in [2.24, 2.45) is 0 Å². The SMILES string of the molecule is O=P(O)(O)OCc1ccc2ccc(O)c(Br)c2n1. The number of pyridine rings is 1. The van der Waals surface area contributed by atoms with Gasteiger partial charge in [0.05, 0.1) is 15.7 Å². The molecule has 2 rings (SSSR count). The molecule has 0 atom stereocenters. The summed E-state index contributed by atoms with van der Waals surface area (Å²) in [4.78, 5) is 21.4. The van der Waals surface area contributed by atoms with Crippen LogP contribution < -0.4 is 0 Å². The van der Waals surface area contributed by atoms with Gasteiger partial charge in [0.1, 0.15) is 12.4 Å². The van der Waals surface area contributed by atoms with Crippen molar-refractivity contribution in [1.29, 1.82) is 0 Å². The van der Waals surface area contributed by atoms with Crippen molar-refractivity contribution in [1.82, 2.24) is 4.98 Å². The molecule has 0 fully saturated rings. The summed E-state index contributed by atoms with van der Waals surface area (Å²) in [5.74, 6) is 0.0445. The van der Waals surface area contributed by atoms with Crippen LogP contribution in [0.25, 0.3) is 10.9 Å². The zero-order chi connectivity index (χ0) is 13.3. The van der Waals surface area contributed by atoms with Crippen LogP contribution in [0.3, 0.4) is 0 Å². The summed E-state index contributed by atoms with van der Waals surface area (Å²) in [6, 6.07) is 6.54. The maximum atomic E-state index is 10.6. The van der Waals surface area contributed by atoms with Crippen LogP contribution >= 0.6 is 23.8 Å². The smallest absolute Gasteiger partial charge is 0.469 e. The Morgan fingerprint density at radius 3 is 2.61 bits per heavy atom. The lowest BCUT2D eigenvalue weighted by Crippen LogP contribution is -1.95.